The summed E-state index contributed by atoms with van der Waals surface area (Å²) in [5.74, 6) is 0.643. The maximum atomic E-state index is 11.9. The number of fused-ring (bicyclic) bond motifs is 2. The fourth-order valence-corrected chi connectivity index (χ4v) is 9.96. The Labute approximate surface area is 352 Å². The third-order valence-electron chi connectivity index (χ3n) is 11.1. The molecule has 1 saturated carbocycles. The number of hydrogen-bond acceptors (Lipinski definition) is 11. The van der Waals surface area contributed by atoms with Gasteiger partial charge < -0.3 is 39.3 Å². The van der Waals surface area contributed by atoms with Gasteiger partial charge in [0.15, 0.2) is 6.29 Å². The number of carbonyl (C=O) groups is 2. The number of nitrogens with zero attached hydrogens (tertiary/aromatic N) is 1. The first-order valence-corrected chi connectivity index (χ1v) is 21.4. The number of oxime groups is 1. The Kier molecular flexibility index (Phi) is 14.6. The maximum Gasteiger partial charge on any atom is 0.231 e. The number of anilines is 1. The first-order valence-electron chi connectivity index (χ1n) is 20.6. The van der Waals surface area contributed by atoms with Crippen LogP contribution in [0.2, 0.25) is 0 Å². The first kappa shape index (κ1) is 43.9. The highest BCUT2D eigenvalue weighted by atomic mass is 32.2. The van der Waals surface area contributed by atoms with E-state index in [0.717, 1.165) is 53.7 Å². The van der Waals surface area contributed by atoms with Crippen molar-refractivity contribution >= 4 is 35.4 Å². The SMILES string of the molecule is C=CCO[C@@]12Oc3ccc(Oc4ccc(OC)c(C=O)c4)cc3[C@H]3[C@H](CCCCO)[C@@H](CCCCO)C=C(C(=NOC(C)(C)C)C[C@@H]1Sc1ccc(NC(C)=O)cc1)[C@H]32. The van der Waals surface area contributed by atoms with E-state index in [-0.39, 0.29) is 54.6 Å². The lowest BCUT2D eigenvalue weighted by Crippen LogP contribution is -2.64. The third kappa shape index (κ3) is 10.2. The van der Waals surface area contributed by atoms with Crippen molar-refractivity contribution in [1.82, 2.24) is 0 Å². The van der Waals surface area contributed by atoms with E-state index in [1.165, 1.54) is 14.0 Å². The van der Waals surface area contributed by atoms with Crippen LogP contribution < -0.4 is 19.5 Å². The van der Waals surface area contributed by atoms with Crippen LogP contribution in [0.25, 0.3) is 0 Å². The fraction of sp³-hybridized carbons (Fsp3) is 0.468. The molecule has 2 aliphatic carbocycles. The predicted molar refractivity (Wildman–Crippen MR) is 231 cm³/mol. The Morgan fingerprint density at radius 1 is 1.02 bits per heavy atom. The molecule has 3 aliphatic rings. The largest absolute Gasteiger partial charge is 0.496 e. The van der Waals surface area contributed by atoms with E-state index >= 15 is 0 Å². The van der Waals surface area contributed by atoms with Gasteiger partial charge in [-0.05, 0) is 125 Å². The Morgan fingerprint density at radius 3 is 2.39 bits per heavy atom. The number of benzene rings is 3. The molecule has 6 atom stereocenters. The van der Waals surface area contributed by atoms with Crippen LogP contribution in [0.1, 0.15) is 94.5 Å². The molecule has 3 aromatic rings. The van der Waals surface area contributed by atoms with Gasteiger partial charge in [-0.15, -0.1) is 18.3 Å². The molecule has 1 aliphatic heterocycles. The van der Waals surface area contributed by atoms with Gasteiger partial charge in [0.2, 0.25) is 11.7 Å². The maximum absolute atomic E-state index is 11.9. The van der Waals surface area contributed by atoms with Gasteiger partial charge in [0, 0.05) is 48.6 Å². The van der Waals surface area contributed by atoms with Crippen LogP contribution in [0.15, 0.2) is 95.0 Å². The minimum Gasteiger partial charge on any atom is -0.496 e. The Bertz CT molecular complexity index is 2010. The van der Waals surface area contributed by atoms with Crippen molar-refractivity contribution in [3.05, 3.63) is 96.1 Å². The topological polar surface area (TPSA) is 145 Å². The summed E-state index contributed by atoms with van der Waals surface area (Å²) in [5.41, 5.74) is 3.38. The van der Waals surface area contributed by atoms with Gasteiger partial charge in [0.25, 0.3) is 0 Å². The molecular weight excluding hydrogens is 769 g/mol. The van der Waals surface area contributed by atoms with Crippen molar-refractivity contribution in [2.75, 3.05) is 32.2 Å². The number of nitrogens with one attached hydrogen (secondary N) is 1. The number of hydrogen-bond donors (Lipinski definition) is 3. The summed E-state index contributed by atoms with van der Waals surface area (Å²) in [5, 5.41) is 27.3. The Hall–Kier alpha value is -4.62. The summed E-state index contributed by atoms with van der Waals surface area (Å²) in [4.78, 5) is 30.9. The van der Waals surface area contributed by atoms with Crippen molar-refractivity contribution < 1.29 is 43.6 Å². The van der Waals surface area contributed by atoms with Crippen LogP contribution in [0.5, 0.6) is 23.0 Å². The lowest BCUT2D eigenvalue weighted by Gasteiger charge is -2.58. The van der Waals surface area contributed by atoms with Gasteiger partial charge in [-0.2, -0.15) is 0 Å². The smallest absolute Gasteiger partial charge is 0.231 e. The Balaban J connectivity index is 1.55. The van der Waals surface area contributed by atoms with Gasteiger partial charge in [-0.1, -0.05) is 30.1 Å². The fourth-order valence-electron chi connectivity index (χ4n) is 8.67. The highest BCUT2D eigenvalue weighted by Gasteiger charge is 2.64. The van der Waals surface area contributed by atoms with E-state index < -0.39 is 11.4 Å². The van der Waals surface area contributed by atoms with Gasteiger partial charge in [0.05, 0.1) is 36.2 Å². The monoisotopic (exact) mass is 826 g/mol. The number of methoxy groups -OCH3 is 1. The van der Waals surface area contributed by atoms with Crippen LogP contribution >= 0.6 is 11.8 Å². The Morgan fingerprint density at radius 2 is 1.73 bits per heavy atom. The van der Waals surface area contributed by atoms with Crippen LogP contribution in [0.4, 0.5) is 5.69 Å². The van der Waals surface area contributed by atoms with Crippen molar-refractivity contribution in [2.45, 2.75) is 100 Å². The molecule has 59 heavy (non-hydrogen) atoms. The summed E-state index contributed by atoms with van der Waals surface area (Å²) in [6, 6.07) is 18.8. The minimum atomic E-state index is -1.18. The highest BCUT2D eigenvalue weighted by molar-refractivity contribution is 8.00. The number of amides is 1. The normalized spacial score (nSPS) is 23.9. The number of aliphatic hydroxyl groups excluding tert-OH is 2. The molecule has 3 N–H and O–H groups in total. The number of ether oxygens (including phenoxy) is 4. The number of unbranched alkanes of at least 4 members (excludes halogenated alkanes) is 2. The minimum absolute atomic E-state index is 0.103. The van der Waals surface area contributed by atoms with Gasteiger partial charge in [-0.3, -0.25) is 9.59 Å². The third-order valence-corrected chi connectivity index (χ3v) is 12.4. The zero-order valence-electron chi connectivity index (χ0n) is 34.8. The standard InChI is InChI=1S/C47H58N2O9S/c1-7-24-55-47-43(59-36-18-14-33(15-19-36)48-30(2)53)28-40(49-58-46(3,4)5)38-26-31(12-8-10-22-50)37(13-9-11-23-51)44(45(38)47)39-27-35(17-21-42(39)57-47)56-34-16-20-41(54-6)32(25-34)29-52/h7,14-21,25-27,29,31,37,43-45,50-51H,1,8-13,22-24,28H2,2-6H3,(H,48,53)/t31-,37+,43-,44+,45+,47+/m0/s1. The molecule has 0 radical (unpaired) electrons. The summed E-state index contributed by atoms with van der Waals surface area (Å²) < 4.78 is 26.2. The highest BCUT2D eigenvalue weighted by Crippen LogP contribution is 2.63. The number of aldehydes is 1. The predicted octanol–water partition coefficient (Wildman–Crippen LogP) is 9.48. The molecule has 6 rings (SSSR count). The van der Waals surface area contributed by atoms with Crippen molar-refractivity contribution in [3.63, 3.8) is 0 Å². The summed E-state index contributed by atoms with van der Waals surface area (Å²) in [6.07, 6.45) is 10.1. The molecular formula is C47H58N2O9S. The number of rotatable bonds is 19. The summed E-state index contributed by atoms with van der Waals surface area (Å²) in [6.45, 7) is 11.9. The lowest BCUT2D eigenvalue weighted by atomic mass is 9.56. The average Bonchev–Trinajstić information content (AvgIpc) is 3.21. The zero-order chi connectivity index (χ0) is 42.2. The molecule has 0 aromatic heterocycles. The molecule has 1 heterocycles. The van der Waals surface area contributed by atoms with Gasteiger partial charge in [0.1, 0.15) is 28.6 Å². The summed E-state index contributed by atoms with van der Waals surface area (Å²) >= 11 is 1.64. The summed E-state index contributed by atoms with van der Waals surface area (Å²) in [7, 11) is 1.52. The molecule has 1 amide bonds. The first-order chi connectivity index (χ1) is 28.4. The number of carbonyl (C=O) groups excluding carboxylic acids is 2. The van der Waals surface area contributed by atoms with E-state index in [2.05, 4.69) is 24.0 Å². The van der Waals surface area contributed by atoms with Crippen LogP contribution in [0, 0.1) is 17.8 Å². The van der Waals surface area contributed by atoms with Crippen molar-refractivity contribution in [1.29, 1.82) is 0 Å². The molecule has 1 fully saturated rings. The number of thioether (sulfide) groups is 1. The van der Waals surface area contributed by atoms with E-state index in [1.54, 1.807) is 36.0 Å². The molecule has 12 heteroatoms. The molecule has 0 saturated heterocycles. The van der Waals surface area contributed by atoms with Crippen LogP contribution in [-0.4, -0.2) is 71.7 Å². The van der Waals surface area contributed by atoms with Crippen molar-refractivity contribution in [2.24, 2.45) is 22.9 Å². The van der Waals surface area contributed by atoms with Gasteiger partial charge in [-0.25, -0.2) is 0 Å². The molecule has 0 unspecified atom stereocenters. The molecule has 11 nitrogen and oxygen atoms in total. The van der Waals surface area contributed by atoms with E-state index in [4.69, 9.17) is 28.9 Å². The second-order valence-electron chi connectivity index (χ2n) is 16.4. The molecule has 0 spiro atoms. The van der Waals surface area contributed by atoms with E-state index in [1.807, 2.05) is 57.2 Å². The molecule has 0 bridgehead atoms. The van der Waals surface area contributed by atoms with Crippen LogP contribution in [-0.2, 0) is 14.4 Å². The van der Waals surface area contributed by atoms with E-state index in [9.17, 15) is 19.8 Å². The van der Waals surface area contributed by atoms with Gasteiger partial charge >= 0.3 is 0 Å². The van der Waals surface area contributed by atoms with Crippen molar-refractivity contribution in [3.8, 4) is 23.0 Å². The molecule has 316 valence electrons. The lowest BCUT2D eigenvalue weighted by molar-refractivity contribution is -0.223. The average molecular weight is 827 g/mol. The number of allylic oxidation sites excluding steroid dienone is 1. The zero-order valence-corrected chi connectivity index (χ0v) is 35.6. The quantitative estimate of drug-likeness (QED) is 0.0463. The van der Waals surface area contributed by atoms with Crippen LogP contribution in [0.3, 0.4) is 0 Å². The second-order valence-corrected chi connectivity index (χ2v) is 17.7. The molecule has 3 aromatic carbocycles. The van der Waals surface area contributed by atoms with E-state index in [0.29, 0.717) is 53.5 Å². The second kappa shape index (κ2) is 19.6. The number of aliphatic hydroxyl groups is 2.